The van der Waals surface area contributed by atoms with E-state index in [1.54, 1.807) is 0 Å². The van der Waals surface area contributed by atoms with Crippen LogP contribution in [0.15, 0.2) is 0 Å². The summed E-state index contributed by atoms with van der Waals surface area (Å²) in [5.74, 6) is -1.14. The van der Waals surface area contributed by atoms with Gasteiger partial charge in [0.05, 0.1) is 12.8 Å². The van der Waals surface area contributed by atoms with E-state index in [4.69, 9.17) is 14.9 Å². The number of carbonyl (C=O) groups is 1. The van der Waals surface area contributed by atoms with E-state index in [1.165, 1.54) is 0 Å². The third-order valence-corrected chi connectivity index (χ3v) is 1.23. The second-order valence-corrected chi connectivity index (χ2v) is 3.29. The van der Waals surface area contributed by atoms with Crippen LogP contribution in [0.1, 0.15) is 0 Å². The first-order chi connectivity index (χ1) is 4.42. The molecule has 60 valence electrons. The quantitative estimate of drug-likeness (QED) is 0.328. The first kappa shape index (κ1) is 14.4. The van der Waals surface area contributed by atoms with Crippen LogP contribution < -0.4 is 5.32 Å². The minimum atomic E-state index is -4.10. The smallest absolute Gasteiger partial charge is 0.480 e. The predicted molar refractivity (Wildman–Crippen MR) is 38.3 cm³/mol. The first-order valence-electron chi connectivity index (χ1n) is 2.39. The molecule has 8 heteroatoms. The normalized spacial score (nSPS) is 10.4. The first-order valence-corrected chi connectivity index (χ1v) is 4.18. The topological polar surface area (TPSA) is 107 Å². The Bertz CT molecular complexity index is 167. The number of aliphatic carboxylic acids is 1. The molecule has 0 rings (SSSR count). The van der Waals surface area contributed by atoms with E-state index in [2.05, 4.69) is 5.32 Å². The minimum Gasteiger partial charge on any atom is -0.480 e. The fourth-order valence-electron chi connectivity index (χ4n) is 0.308. The third kappa shape index (κ3) is 13.8. The Labute approximate surface area is 93.1 Å². The summed E-state index contributed by atoms with van der Waals surface area (Å²) in [6.45, 7) is -0.439. The molecule has 0 atom stereocenters. The second-order valence-electron chi connectivity index (χ2n) is 1.64. The molecule has 0 bridgehead atoms. The van der Waals surface area contributed by atoms with Crippen LogP contribution in [0, 0.1) is 0 Å². The SMILES string of the molecule is O=C(O)CNCP(=O)(O)O.[Ca+2]. The van der Waals surface area contributed by atoms with Gasteiger partial charge in [-0.3, -0.25) is 14.7 Å². The molecule has 0 aromatic rings. The van der Waals surface area contributed by atoms with Crippen molar-refractivity contribution in [1.29, 1.82) is 0 Å². The molecule has 0 aromatic carbocycles. The van der Waals surface area contributed by atoms with Gasteiger partial charge in [0.25, 0.3) is 0 Å². The van der Waals surface area contributed by atoms with E-state index in [1.807, 2.05) is 0 Å². The van der Waals surface area contributed by atoms with Crippen LogP contribution in [0.4, 0.5) is 0 Å². The van der Waals surface area contributed by atoms with Crippen molar-refractivity contribution < 1.29 is 24.3 Å². The minimum absolute atomic E-state index is 0. The van der Waals surface area contributed by atoms with E-state index < -0.39 is 26.4 Å². The summed E-state index contributed by atoms with van der Waals surface area (Å²) in [6, 6.07) is 0. The third-order valence-electron chi connectivity index (χ3n) is 0.594. The molecule has 0 aliphatic heterocycles. The monoisotopic (exact) mass is 209 g/mol. The van der Waals surface area contributed by atoms with E-state index in [-0.39, 0.29) is 37.7 Å². The zero-order chi connectivity index (χ0) is 8.20. The van der Waals surface area contributed by atoms with E-state index in [9.17, 15) is 9.36 Å². The van der Waals surface area contributed by atoms with Crippen molar-refractivity contribution in [3.8, 4) is 0 Å². The zero-order valence-corrected chi connectivity index (χ0v) is 8.83. The summed E-state index contributed by atoms with van der Waals surface area (Å²) < 4.78 is 10.1. The second kappa shape index (κ2) is 6.37. The van der Waals surface area contributed by atoms with Gasteiger partial charge in [-0.05, 0) is 0 Å². The Morgan fingerprint density at radius 3 is 2.18 bits per heavy atom. The van der Waals surface area contributed by atoms with Gasteiger partial charge in [0, 0.05) is 0 Å². The van der Waals surface area contributed by atoms with Crippen molar-refractivity contribution >= 4 is 51.3 Å². The van der Waals surface area contributed by atoms with Gasteiger partial charge in [-0.15, -0.1) is 0 Å². The van der Waals surface area contributed by atoms with Gasteiger partial charge < -0.3 is 14.9 Å². The van der Waals surface area contributed by atoms with Gasteiger partial charge in [-0.25, -0.2) is 0 Å². The maximum atomic E-state index is 10.1. The molecule has 0 saturated heterocycles. The summed E-state index contributed by atoms with van der Waals surface area (Å²) >= 11 is 0. The number of hydrogen-bond acceptors (Lipinski definition) is 3. The fraction of sp³-hybridized carbons (Fsp3) is 0.667. The summed E-state index contributed by atoms with van der Waals surface area (Å²) in [4.78, 5) is 26.1. The van der Waals surface area contributed by atoms with Crippen LogP contribution in [0.2, 0.25) is 0 Å². The molecule has 0 amide bonds. The van der Waals surface area contributed by atoms with Gasteiger partial charge in [0.2, 0.25) is 0 Å². The van der Waals surface area contributed by atoms with Crippen molar-refractivity contribution in [3.05, 3.63) is 0 Å². The molecule has 6 nitrogen and oxygen atoms in total. The standard InChI is InChI=1S/C3H8NO5P.Ca/c5-3(6)1-4-2-10(7,8)9;/h4H,1-2H2,(H,5,6)(H2,7,8,9);/q;+2. The van der Waals surface area contributed by atoms with Crippen LogP contribution in [0.25, 0.3) is 0 Å². The number of carboxylic acid groups (broad SMARTS) is 1. The van der Waals surface area contributed by atoms with Crippen LogP contribution >= 0.6 is 7.60 Å². The summed E-state index contributed by atoms with van der Waals surface area (Å²) in [5, 5.41) is 10.1. The van der Waals surface area contributed by atoms with E-state index in [0.29, 0.717) is 0 Å². The average molecular weight is 209 g/mol. The summed E-state index contributed by atoms with van der Waals surface area (Å²) in [6.07, 6.45) is -0.598. The van der Waals surface area contributed by atoms with Crippen LogP contribution in [0.5, 0.6) is 0 Å². The number of rotatable bonds is 4. The van der Waals surface area contributed by atoms with Gasteiger partial charge >= 0.3 is 51.3 Å². The molecule has 0 fully saturated rings. The molecule has 4 N–H and O–H groups in total. The fourth-order valence-corrected chi connectivity index (χ4v) is 0.712. The number of nitrogens with one attached hydrogen (secondary N) is 1. The van der Waals surface area contributed by atoms with Gasteiger partial charge in [0.15, 0.2) is 0 Å². The molecule has 0 aliphatic carbocycles. The van der Waals surface area contributed by atoms with Gasteiger partial charge in [0.1, 0.15) is 0 Å². The Kier molecular flexibility index (Phi) is 8.32. The van der Waals surface area contributed by atoms with Crippen molar-refractivity contribution in [1.82, 2.24) is 5.32 Å². The Morgan fingerprint density at radius 2 is 1.91 bits per heavy atom. The van der Waals surface area contributed by atoms with Crippen molar-refractivity contribution in [2.75, 3.05) is 12.8 Å². The largest absolute Gasteiger partial charge is 2.00 e. The average Bonchev–Trinajstić information content (AvgIpc) is 1.59. The zero-order valence-electron chi connectivity index (χ0n) is 5.73. The molecule has 0 unspecified atom stereocenters. The Morgan fingerprint density at radius 1 is 1.45 bits per heavy atom. The Balaban J connectivity index is 0. The van der Waals surface area contributed by atoms with E-state index >= 15 is 0 Å². The maximum absolute atomic E-state index is 10.1. The van der Waals surface area contributed by atoms with Crippen LogP contribution in [-0.2, 0) is 9.36 Å². The molecular formula is C3H8CaNO5P+2. The maximum Gasteiger partial charge on any atom is 2.00 e. The van der Waals surface area contributed by atoms with E-state index in [0.717, 1.165) is 0 Å². The molecular weight excluding hydrogens is 201 g/mol. The van der Waals surface area contributed by atoms with Crippen molar-refractivity contribution in [2.24, 2.45) is 0 Å². The summed E-state index contributed by atoms with van der Waals surface area (Å²) in [5.41, 5.74) is 0. The van der Waals surface area contributed by atoms with Gasteiger partial charge in [-0.2, -0.15) is 0 Å². The molecule has 11 heavy (non-hydrogen) atoms. The molecule has 0 saturated carbocycles. The molecule has 0 heterocycles. The molecule has 0 radical (unpaired) electrons. The number of hydrogen-bond donors (Lipinski definition) is 4. The summed E-state index contributed by atoms with van der Waals surface area (Å²) in [7, 11) is -4.10. The Hall–Kier alpha value is 0.840. The van der Waals surface area contributed by atoms with Gasteiger partial charge in [-0.1, -0.05) is 0 Å². The van der Waals surface area contributed by atoms with Crippen LogP contribution in [0.3, 0.4) is 0 Å². The molecule has 0 aromatic heterocycles. The van der Waals surface area contributed by atoms with Crippen LogP contribution in [-0.4, -0.2) is 71.4 Å². The predicted octanol–water partition coefficient (Wildman–Crippen LogP) is -1.58. The van der Waals surface area contributed by atoms with Crippen molar-refractivity contribution in [3.63, 3.8) is 0 Å². The molecule has 0 spiro atoms. The number of carboxylic acids is 1. The van der Waals surface area contributed by atoms with Crippen molar-refractivity contribution in [2.45, 2.75) is 0 Å². The molecule has 0 aliphatic rings.